The van der Waals surface area contributed by atoms with E-state index in [0.29, 0.717) is 29.2 Å². The maximum Gasteiger partial charge on any atom is 0.191 e. The molecule has 0 radical (unpaired) electrons. The number of thiazole rings is 1. The minimum Gasteiger partial charge on any atom is -0.492 e. The van der Waals surface area contributed by atoms with Crippen LogP contribution in [0.1, 0.15) is 16.1 Å². The first-order valence-electron chi connectivity index (χ1n) is 10.5. The van der Waals surface area contributed by atoms with E-state index in [1.54, 1.807) is 17.4 Å². The molecule has 0 aliphatic carbocycles. The van der Waals surface area contributed by atoms with Crippen molar-refractivity contribution in [3.63, 3.8) is 0 Å². The zero-order valence-corrected chi connectivity index (χ0v) is 20.0. The second-order valence-corrected chi connectivity index (χ2v) is 9.74. The highest BCUT2D eigenvalue weighted by Crippen LogP contribution is 2.33. The molecular formula is C22H28N6O2S2. The molecule has 1 fully saturated rings. The first-order chi connectivity index (χ1) is 15.5. The summed E-state index contributed by atoms with van der Waals surface area (Å²) in [5.41, 5.74) is 14.7. The van der Waals surface area contributed by atoms with Crippen molar-refractivity contribution >= 4 is 34.7 Å². The molecule has 0 unspecified atom stereocenters. The van der Waals surface area contributed by atoms with E-state index in [1.165, 1.54) is 16.6 Å². The van der Waals surface area contributed by atoms with Crippen molar-refractivity contribution in [3.05, 3.63) is 40.4 Å². The second kappa shape index (κ2) is 10.5. The lowest BCUT2D eigenvalue weighted by Gasteiger charge is -2.26. The summed E-state index contributed by atoms with van der Waals surface area (Å²) < 4.78 is 11.5. The predicted molar refractivity (Wildman–Crippen MR) is 130 cm³/mol. The van der Waals surface area contributed by atoms with Crippen LogP contribution in [0.4, 0.5) is 11.6 Å². The lowest BCUT2D eigenvalue weighted by Crippen LogP contribution is -2.38. The predicted octanol–water partition coefficient (Wildman–Crippen LogP) is 3.38. The van der Waals surface area contributed by atoms with Crippen LogP contribution in [0.15, 0.2) is 29.4 Å². The van der Waals surface area contributed by atoms with Crippen LogP contribution in [0.5, 0.6) is 5.75 Å². The van der Waals surface area contributed by atoms with Crippen LogP contribution in [-0.2, 0) is 10.5 Å². The Bertz CT molecular complexity index is 1050. The first-order valence-corrected chi connectivity index (χ1v) is 12.3. The summed E-state index contributed by atoms with van der Waals surface area (Å²) in [6, 6.07) is 7.83. The van der Waals surface area contributed by atoms with Crippen molar-refractivity contribution in [1.82, 2.24) is 19.9 Å². The molecule has 4 rings (SSSR count). The Morgan fingerprint density at radius 1 is 1.09 bits per heavy atom. The highest BCUT2D eigenvalue weighted by atomic mass is 32.2. The van der Waals surface area contributed by atoms with E-state index in [2.05, 4.69) is 46.9 Å². The third-order valence-electron chi connectivity index (χ3n) is 5.18. The van der Waals surface area contributed by atoms with Gasteiger partial charge in [0.25, 0.3) is 0 Å². The molecule has 10 heteroatoms. The largest absolute Gasteiger partial charge is 0.492 e. The van der Waals surface area contributed by atoms with Crippen LogP contribution in [0, 0.1) is 13.8 Å². The average molecular weight is 473 g/mol. The van der Waals surface area contributed by atoms with Gasteiger partial charge in [0.2, 0.25) is 0 Å². The molecule has 2 aromatic heterocycles. The number of nitrogens with zero attached hydrogens (tertiary/aromatic N) is 4. The standard InChI is InChI=1S/C22H28N6O2S2/c1-14-3-4-16(11-18(14)30-10-7-28-5-8-29-9-6-28)21-25-17(15(2)32-21)13-31-22-26-19(23)12-20(24)27-22/h3-4,11-12H,5-10,13H2,1-2H3,(H4,23,24,26,27). The molecule has 3 aromatic rings. The Morgan fingerprint density at radius 3 is 2.59 bits per heavy atom. The number of rotatable bonds is 8. The molecule has 170 valence electrons. The van der Waals surface area contributed by atoms with Crippen LogP contribution >= 0.6 is 23.1 Å². The number of thioether (sulfide) groups is 1. The van der Waals surface area contributed by atoms with Crippen molar-refractivity contribution in [1.29, 1.82) is 0 Å². The average Bonchev–Trinajstić information content (AvgIpc) is 3.14. The zero-order chi connectivity index (χ0) is 22.5. The number of hydrogen-bond donors (Lipinski definition) is 2. The van der Waals surface area contributed by atoms with Crippen molar-refractivity contribution in [2.75, 3.05) is 50.9 Å². The molecule has 0 atom stereocenters. The number of nitrogens with two attached hydrogens (primary N) is 2. The summed E-state index contributed by atoms with van der Waals surface area (Å²) >= 11 is 3.16. The van der Waals surface area contributed by atoms with Gasteiger partial charge in [-0.05, 0) is 25.5 Å². The summed E-state index contributed by atoms with van der Waals surface area (Å²) in [6.07, 6.45) is 0. The highest BCUT2D eigenvalue weighted by Gasteiger charge is 2.14. The van der Waals surface area contributed by atoms with E-state index in [1.807, 2.05) is 0 Å². The van der Waals surface area contributed by atoms with Crippen LogP contribution in [0.2, 0.25) is 0 Å². The molecular weight excluding hydrogens is 444 g/mol. The fourth-order valence-corrected chi connectivity index (χ4v) is 5.25. The van der Waals surface area contributed by atoms with Crippen molar-refractivity contribution < 1.29 is 9.47 Å². The van der Waals surface area contributed by atoms with E-state index < -0.39 is 0 Å². The number of aromatic nitrogens is 3. The maximum absolute atomic E-state index is 6.12. The van der Waals surface area contributed by atoms with Gasteiger partial charge in [0.1, 0.15) is 29.0 Å². The number of aryl methyl sites for hydroxylation is 2. The van der Waals surface area contributed by atoms with Gasteiger partial charge < -0.3 is 20.9 Å². The van der Waals surface area contributed by atoms with Gasteiger partial charge in [0.15, 0.2) is 5.16 Å². The van der Waals surface area contributed by atoms with Gasteiger partial charge in [-0.1, -0.05) is 23.9 Å². The fraction of sp³-hybridized carbons (Fsp3) is 0.409. The van der Waals surface area contributed by atoms with Crippen molar-refractivity contribution in [2.45, 2.75) is 24.8 Å². The Labute approximate surface area is 196 Å². The first kappa shape index (κ1) is 22.8. The van der Waals surface area contributed by atoms with Crippen molar-refractivity contribution in [2.24, 2.45) is 0 Å². The normalized spacial score (nSPS) is 14.6. The second-order valence-electron chi connectivity index (χ2n) is 7.59. The van der Waals surface area contributed by atoms with Gasteiger partial charge in [0.05, 0.1) is 18.9 Å². The van der Waals surface area contributed by atoms with E-state index in [0.717, 1.165) is 60.4 Å². The van der Waals surface area contributed by atoms with E-state index in [-0.39, 0.29) is 0 Å². The molecule has 0 spiro atoms. The highest BCUT2D eigenvalue weighted by molar-refractivity contribution is 7.98. The molecule has 1 aliphatic rings. The van der Waals surface area contributed by atoms with Gasteiger partial charge in [-0.25, -0.2) is 15.0 Å². The third-order valence-corrected chi connectivity index (χ3v) is 7.10. The minimum absolute atomic E-state index is 0.372. The Balaban J connectivity index is 1.41. The van der Waals surface area contributed by atoms with Crippen LogP contribution in [0.25, 0.3) is 10.6 Å². The zero-order valence-electron chi connectivity index (χ0n) is 18.3. The fourth-order valence-electron chi connectivity index (χ4n) is 3.34. The Morgan fingerprint density at radius 2 is 1.84 bits per heavy atom. The topological polar surface area (TPSA) is 112 Å². The van der Waals surface area contributed by atoms with Gasteiger partial charge in [0, 0.05) is 41.9 Å². The monoisotopic (exact) mass is 472 g/mol. The quantitative estimate of drug-likeness (QED) is 0.376. The molecule has 8 nitrogen and oxygen atoms in total. The molecule has 1 aliphatic heterocycles. The lowest BCUT2D eigenvalue weighted by atomic mass is 10.1. The summed E-state index contributed by atoms with van der Waals surface area (Å²) in [7, 11) is 0. The Kier molecular flexibility index (Phi) is 7.46. The van der Waals surface area contributed by atoms with Gasteiger partial charge in [-0.3, -0.25) is 4.90 Å². The number of benzene rings is 1. The molecule has 0 amide bonds. The third kappa shape index (κ3) is 5.89. The molecule has 32 heavy (non-hydrogen) atoms. The summed E-state index contributed by atoms with van der Waals surface area (Å²) in [5.74, 6) is 2.30. The van der Waals surface area contributed by atoms with E-state index in [4.69, 9.17) is 25.9 Å². The summed E-state index contributed by atoms with van der Waals surface area (Å²) in [6.45, 7) is 9.25. The van der Waals surface area contributed by atoms with Crippen LogP contribution in [0.3, 0.4) is 0 Å². The molecule has 4 N–H and O–H groups in total. The Hall–Kier alpha value is -2.40. The number of hydrogen-bond acceptors (Lipinski definition) is 10. The van der Waals surface area contributed by atoms with Gasteiger partial charge in [-0.15, -0.1) is 11.3 Å². The number of ether oxygens (including phenoxy) is 2. The number of anilines is 2. The molecule has 3 heterocycles. The number of nitrogen functional groups attached to an aromatic ring is 2. The SMILES string of the molecule is Cc1ccc(-c2nc(CSc3nc(N)cc(N)n3)c(C)s2)cc1OCCN1CCOCC1. The summed E-state index contributed by atoms with van der Waals surface area (Å²) in [5, 5.41) is 1.53. The van der Waals surface area contributed by atoms with Gasteiger partial charge in [-0.2, -0.15) is 0 Å². The molecule has 0 bridgehead atoms. The minimum atomic E-state index is 0.372. The lowest BCUT2D eigenvalue weighted by molar-refractivity contribution is 0.0322. The molecule has 1 aromatic carbocycles. The van der Waals surface area contributed by atoms with Gasteiger partial charge >= 0.3 is 0 Å². The smallest absolute Gasteiger partial charge is 0.191 e. The van der Waals surface area contributed by atoms with Crippen LogP contribution in [-0.4, -0.2) is 59.3 Å². The maximum atomic E-state index is 6.12. The summed E-state index contributed by atoms with van der Waals surface area (Å²) in [4.78, 5) is 16.9. The molecule has 1 saturated heterocycles. The number of morpholine rings is 1. The van der Waals surface area contributed by atoms with Crippen molar-refractivity contribution in [3.8, 4) is 16.3 Å². The molecule has 0 saturated carbocycles. The van der Waals surface area contributed by atoms with E-state index in [9.17, 15) is 0 Å². The van der Waals surface area contributed by atoms with E-state index >= 15 is 0 Å². The van der Waals surface area contributed by atoms with Crippen LogP contribution < -0.4 is 16.2 Å².